The first kappa shape index (κ1) is 16.8. The van der Waals surface area contributed by atoms with E-state index >= 15 is 0 Å². The van der Waals surface area contributed by atoms with Gasteiger partial charge in [-0.25, -0.2) is 4.98 Å². The number of hydrogen-bond donors (Lipinski definition) is 1. The molecule has 1 heterocycles. The molecule has 1 amide bonds. The number of carbonyl (C=O) groups is 1. The monoisotopic (exact) mass is 382 g/mol. The number of rotatable bonds is 4. The molecule has 8 heteroatoms. The minimum absolute atomic E-state index is 0.335. The number of aromatic nitrogens is 1. The highest BCUT2D eigenvalue weighted by Gasteiger charge is 2.15. The van der Waals surface area contributed by atoms with Crippen LogP contribution in [0.1, 0.15) is 10.4 Å². The van der Waals surface area contributed by atoms with E-state index in [9.17, 15) is 4.79 Å². The predicted octanol–water partition coefficient (Wildman–Crippen LogP) is 4.87. The van der Waals surface area contributed by atoms with E-state index in [1.165, 1.54) is 25.6 Å². The molecule has 2 aromatic carbocycles. The summed E-state index contributed by atoms with van der Waals surface area (Å²) >= 11 is 13.5. The van der Waals surface area contributed by atoms with Gasteiger partial charge in [-0.15, -0.1) is 0 Å². The SMILES string of the molecule is COc1cc(OC)cc(C(=O)Nc2nc3c(Cl)ccc(Cl)c3s2)c1. The summed E-state index contributed by atoms with van der Waals surface area (Å²) in [5.41, 5.74) is 0.954. The maximum Gasteiger partial charge on any atom is 0.257 e. The average molecular weight is 383 g/mol. The quantitative estimate of drug-likeness (QED) is 0.698. The Morgan fingerprint density at radius 1 is 1.08 bits per heavy atom. The summed E-state index contributed by atoms with van der Waals surface area (Å²) in [4.78, 5) is 16.8. The zero-order valence-electron chi connectivity index (χ0n) is 12.7. The topological polar surface area (TPSA) is 60.5 Å². The number of thiazole rings is 1. The number of ether oxygens (including phenoxy) is 2. The predicted molar refractivity (Wildman–Crippen MR) is 97.1 cm³/mol. The van der Waals surface area contributed by atoms with Gasteiger partial charge in [0.25, 0.3) is 5.91 Å². The highest BCUT2D eigenvalue weighted by atomic mass is 35.5. The molecule has 0 spiro atoms. The molecule has 0 aliphatic heterocycles. The van der Waals surface area contributed by atoms with Crippen molar-refractivity contribution in [3.05, 3.63) is 45.9 Å². The minimum atomic E-state index is -0.335. The lowest BCUT2D eigenvalue weighted by molar-refractivity contribution is 0.102. The van der Waals surface area contributed by atoms with Crippen LogP contribution in [0, 0.1) is 0 Å². The van der Waals surface area contributed by atoms with E-state index in [0.717, 1.165) is 4.70 Å². The second kappa shape index (κ2) is 6.84. The van der Waals surface area contributed by atoms with Gasteiger partial charge in [-0.05, 0) is 24.3 Å². The third-order valence-corrected chi connectivity index (χ3v) is 5.02. The van der Waals surface area contributed by atoms with Crippen molar-refractivity contribution in [1.82, 2.24) is 4.98 Å². The number of anilines is 1. The number of fused-ring (bicyclic) bond motifs is 1. The summed E-state index contributed by atoms with van der Waals surface area (Å²) in [6, 6.07) is 8.29. The Bertz CT molecular complexity index is 866. The zero-order chi connectivity index (χ0) is 17.3. The maximum atomic E-state index is 12.5. The van der Waals surface area contributed by atoms with Crippen LogP contribution in [0.4, 0.5) is 5.13 Å². The van der Waals surface area contributed by atoms with E-state index in [1.54, 1.807) is 30.3 Å². The van der Waals surface area contributed by atoms with Crippen LogP contribution in [-0.4, -0.2) is 25.1 Å². The Morgan fingerprint density at radius 3 is 2.29 bits per heavy atom. The van der Waals surface area contributed by atoms with Crippen LogP contribution in [0.2, 0.25) is 10.0 Å². The number of amides is 1. The van der Waals surface area contributed by atoms with Gasteiger partial charge < -0.3 is 9.47 Å². The fourth-order valence-corrected chi connectivity index (χ4v) is 3.52. The molecule has 0 fully saturated rings. The number of methoxy groups -OCH3 is 2. The third-order valence-electron chi connectivity index (χ3n) is 3.28. The van der Waals surface area contributed by atoms with Gasteiger partial charge in [0.15, 0.2) is 5.13 Å². The molecule has 0 saturated carbocycles. The first-order valence-corrected chi connectivity index (χ1v) is 8.38. The molecule has 1 N–H and O–H groups in total. The van der Waals surface area contributed by atoms with E-state index in [4.69, 9.17) is 32.7 Å². The Balaban J connectivity index is 1.92. The molecular formula is C16H12Cl2N2O3S. The summed E-state index contributed by atoms with van der Waals surface area (Å²) in [7, 11) is 3.04. The number of hydrogen-bond acceptors (Lipinski definition) is 5. The van der Waals surface area contributed by atoms with Crippen molar-refractivity contribution in [2.75, 3.05) is 19.5 Å². The highest BCUT2D eigenvalue weighted by Crippen LogP contribution is 2.36. The van der Waals surface area contributed by atoms with Gasteiger partial charge in [-0.2, -0.15) is 0 Å². The number of halogens is 2. The number of nitrogens with zero attached hydrogens (tertiary/aromatic N) is 1. The molecule has 0 unspecified atom stereocenters. The molecular weight excluding hydrogens is 371 g/mol. The lowest BCUT2D eigenvalue weighted by Gasteiger charge is -2.07. The Hall–Kier alpha value is -2.02. The van der Waals surface area contributed by atoms with E-state index in [1.807, 2.05) is 0 Å². The third kappa shape index (κ3) is 3.26. The van der Waals surface area contributed by atoms with E-state index in [-0.39, 0.29) is 5.91 Å². The van der Waals surface area contributed by atoms with Crippen molar-refractivity contribution in [2.45, 2.75) is 0 Å². The molecule has 0 bridgehead atoms. The van der Waals surface area contributed by atoms with Crippen LogP contribution in [-0.2, 0) is 0 Å². The molecule has 124 valence electrons. The zero-order valence-corrected chi connectivity index (χ0v) is 15.1. The normalized spacial score (nSPS) is 10.7. The molecule has 0 radical (unpaired) electrons. The number of nitrogens with one attached hydrogen (secondary N) is 1. The van der Waals surface area contributed by atoms with Gasteiger partial charge in [0.1, 0.15) is 17.0 Å². The number of benzene rings is 2. The van der Waals surface area contributed by atoms with Crippen LogP contribution in [0.25, 0.3) is 10.2 Å². The standard InChI is InChI=1S/C16H12Cl2N2O3S/c1-22-9-5-8(6-10(7-9)23-2)15(21)20-16-19-13-11(17)3-4-12(18)14(13)24-16/h3-7H,1-2H3,(H,19,20,21). The second-order valence-corrected chi connectivity index (χ2v) is 6.59. The smallest absolute Gasteiger partial charge is 0.257 e. The van der Waals surface area contributed by atoms with Crippen molar-refractivity contribution in [1.29, 1.82) is 0 Å². The second-order valence-electron chi connectivity index (χ2n) is 4.78. The number of carbonyl (C=O) groups excluding carboxylic acids is 1. The average Bonchev–Trinajstić information content (AvgIpc) is 3.02. The fraction of sp³-hybridized carbons (Fsp3) is 0.125. The summed E-state index contributed by atoms with van der Waals surface area (Å²) in [6.45, 7) is 0. The van der Waals surface area contributed by atoms with Crippen molar-refractivity contribution < 1.29 is 14.3 Å². The molecule has 0 atom stereocenters. The van der Waals surface area contributed by atoms with E-state index < -0.39 is 0 Å². The summed E-state index contributed by atoms with van der Waals surface area (Å²) < 4.78 is 11.1. The van der Waals surface area contributed by atoms with Crippen LogP contribution in [0.15, 0.2) is 30.3 Å². The first-order chi connectivity index (χ1) is 11.5. The van der Waals surface area contributed by atoms with Crippen LogP contribution in [0.5, 0.6) is 11.5 Å². The van der Waals surface area contributed by atoms with Crippen molar-refractivity contribution >= 4 is 55.8 Å². The minimum Gasteiger partial charge on any atom is -0.497 e. The highest BCUT2D eigenvalue weighted by molar-refractivity contribution is 7.23. The van der Waals surface area contributed by atoms with Crippen LogP contribution < -0.4 is 14.8 Å². The summed E-state index contributed by atoms with van der Waals surface area (Å²) in [6.07, 6.45) is 0. The molecule has 3 rings (SSSR count). The van der Waals surface area contributed by atoms with Crippen molar-refractivity contribution in [3.8, 4) is 11.5 Å². The van der Waals surface area contributed by atoms with Crippen molar-refractivity contribution in [2.24, 2.45) is 0 Å². The van der Waals surface area contributed by atoms with Gasteiger partial charge in [0, 0.05) is 11.6 Å². The van der Waals surface area contributed by atoms with E-state index in [0.29, 0.717) is 37.8 Å². The van der Waals surface area contributed by atoms with Gasteiger partial charge in [0.2, 0.25) is 0 Å². The summed E-state index contributed by atoms with van der Waals surface area (Å²) in [5.74, 6) is 0.711. The Morgan fingerprint density at radius 2 is 1.71 bits per heavy atom. The fourth-order valence-electron chi connectivity index (χ4n) is 2.11. The Labute approximate surface area is 152 Å². The molecule has 0 aliphatic carbocycles. The van der Waals surface area contributed by atoms with Crippen molar-refractivity contribution in [3.63, 3.8) is 0 Å². The molecule has 3 aromatic rings. The molecule has 1 aromatic heterocycles. The summed E-state index contributed by atoms with van der Waals surface area (Å²) in [5, 5.41) is 4.17. The first-order valence-electron chi connectivity index (χ1n) is 6.81. The van der Waals surface area contributed by atoms with Crippen LogP contribution in [0.3, 0.4) is 0 Å². The molecule has 5 nitrogen and oxygen atoms in total. The molecule has 0 saturated heterocycles. The Kier molecular flexibility index (Phi) is 4.80. The molecule has 0 aliphatic rings. The lowest BCUT2D eigenvalue weighted by atomic mass is 10.2. The van der Waals surface area contributed by atoms with Gasteiger partial charge in [-0.1, -0.05) is 34.5 Å². The van der Waals surface area contributed by atoms with Gasteiger partial charge >= 0.3 is 0 Å². The lowest BCUT2D eigenvalue weighted by Crippen LogP contribution is -2.12. The van der Waals surface area contributed by atoms with Gasteiger partial charge in [-0.3, -0.25) is 10.1 Å². The molecule has 24 heavy (non-hydrogen) atoms. The van der Waals surface area contributed by atoms with Gasteiger partial charge in [0.05, 0.1) is 29.0 Å². The van der Waals surface area contributed by atoms with Crippen LogP contribution >= 0.6 is 34.5 Å². The largest absolute Gasteiger partial charge is 0.497 e. The van der Waals surface area contributed by atoms with E-state index in [2.05, 4.69) is 10.3 Å². The maximum absolute atomic E-state index is 12.5.